The van der Waals surface area contributed by atoms with Crippen LogP contribution in [0.1, 0.15) is 41.5 Å². The van der Waals surface area contributed by atoms with E-state index in [1.807, 2.05) is 66.9 Å². The highest BCUT2D eigenvalue weighted by Crippen LogP contribution is 2.29. The number of carbonyl (C=O) groups is 1. The Morgan fingerprint density at radius 3 is 2.30 bits per heavy atom. The van der Waals surface area contributed by atoms with Crippen LogP contribution in [0.2, 0.25) is 0 Å². The Morgan fingerprint density at radius 1 is 0.892 bits per heavy atom. The lowest BCUT2D eigenvalue weighted by Gasteiger charge is -2.32. The quantitative estimate of drug-likeness (QED) is 0.358. The van der Waals surface area contributed by atoms with Gasteiger partial charge in [0.15, 0.2) is 5.82 Å². The molecule has 1 aliphatic rings. The Balaban J connectivity index is 1.22. The molecule has 1 aliphatic heterocycles. The van der Waals surface area contributed by atoms with Crippen LogP contribution >= 0.6 is 0 Å². The van der Waals surface area contributed by atoms with Crippen molar-refractivity contribution in [3.63, 3.8) is 0 Å². The fourth-order valence-corrected chi connectivity index (χ4v) is 4.69. The van der Waals surface area contributed by atoms with Crippen LogP contribution in [-0.4, -0.2) is 45.4 Å². The van der Waals surface area contributed by atoms with Crippen molar-refractivity contribution in [3.05, 3.63) is 108 Å². The second-order valence-electron chi connectivity index (χ2n) is 9.25. The molecule has 1 saturated heterocycles. The van der Waals surface area contributed by atoms with E-state index in [1.165, 1.54) is 5.56 Å². The van der Waals surface area contributed by atoms with Crippen LogP contribution < -0.4 is 10.2 Å². The van der Waals surface area contributed by atoms with Crippen LogP contribution in [-0.2, 0) is 29.2 Å². The Labute approximate surface area is 217 Å². The van der Waals surface area contributed by atoms with Crippen molar-refractivity contribution in [3.8, 4) is 0 Å². The minimum absolute atomic E-state index is 0.0250. The third kappa shape index (κ3) is 6.59. The van der Waals surface area contributed by atoms with Crippen molar-refractivity contribution in [2.75, 3.05) is 24.6 Å². The molecule has 8 nitrogen and oxygen atoms in total. The third-order valence-electron chi connectivity index (χ3n) is 6.67. The molecule has 4 aromatic rings. The van der Waals surface area contributed by atoms with E-state index in [2.05, 4.69) is 48.2 Å². The van der Waals surface area contributed by atoms with E-state index in [0.29, 0.717) is 19.0 Å². The van der Waals surface area contributed by atoms with Gasteiger partial charge in [0.1, 0.15) is 24.9 Å². The largest absolute Gasteiger partial charge is 0.364 e. The number of hydrogen-bond acceptors (Lipinski definition) is 6. The van der Waals surface area contributed by atoms with Crippen LogP contribution in [0.4, 0.5) is 5.82 Å². The van der Waals surface area contributed by atoms with E-state index >= 15 is 0 Å². The second kappa shape index (κ2) is 12.3. The molecule has 0 unspecified atom stereocenters. The molecule has 1 N–H and O–H groups in total. The summed E-state index contributed by atoms with van der Waals surface area (Å²) in [6.07, 6.45) is 3.80. The van der Waals surface area contributed by atoms with E-state index in [0.717, 1.165) is 49.0 Å². The molecule has 1 amide bonds. The van der Waals surface area contributed by atoms with Gasteiger partial charge in [-0.3, -0.25) is 4.79 Å². The smallest absolute Gasteiger partial charge is 0.246 e. The fraction of sp³-hybridized carbons (Fsp3) is 0.310. The zero-order valence-electron chi connectivity index (χ0n) is 20.9. The molecule has 190 valence electrons. The van der Waals surface area contributed by atoms with E-state index in [9.17, 15) is 4.79 Å². The van der Waals surface area contributed by atoms with Crippen molar-refractivity contribution < 1.29 is 9.53 Å². The van der Waals surface area contributed by atoms with Gasteiger partial charge in [-0.05, 0) is 36.1 Å². The molecule has 2 aromatic heterocycles. The van der Waals surface area contributed by atoms with Crippen molar-refractivity contribution >= 4 is 11.7 Å². The number of nitrogens with zero attached hydrogens (tertiary/aromatic N) is 5. The van der Waals surface area contributed by atoms with E-state index in [4.69, 9.17) is 4.74 Å². The van der Waals surface area contributed by atoms with Crippen LogP contribution in [0.3, 0.4) is 0 Å². The lowest BCUT2D eigenvalue weighted by molar-refractivity contribution is -0.126. The normalized spacial score (nSPS) is 14.0. The summed E-state index contributed by atoms with van der Waals surface area (Å²) in [4.78, 5) is 19.1. The first-order valence-electron chi connectivity index (χ1n) is 12.8. The summed E-state index contributed by atoms with van der Waals surface area (Å²) < 4.78 is 7.94. The summed E-state index contributed by atoms with van der Waals surface area (Å²) in [6, 6.07) is 26.2. The molecular weight excluding hydrogens is 464 g/mol. The topological polar surface area (TPSA) is 85.2 Å². The fourth-order valence-electron chi connectivity index (χ4n) is 4.69. The lowest BCUT2D eigenvalue weighted by Crippen LogP contribution is -2.34. The number of aromatic nitrogens is 4. The zero-order chi connectivity index (χ0) is 25.3. The minimum atomic E-state index is -0.153. The van der Waals surface area contributed by atoms with Crippen LogP contribution in [0.5, 0.6) is 0 Å². The highest BCUT2D eigenvalue weighted by atomic mass is 16.5. The average molecular weight is 497 g/mol. The Morgan fingerprint density at radius 2 is 1.59 bits per heavy atom. The monoisotopic (exact) mass is 496 g/mol. The number of carbonyl (C=O) groups excluding carboxylic acids is 1. The highest BCUT2D eigenvalue weighted by molar-refractivity contribution is 5.77. The number of rotatable bonds is 10. The summed E-state index contributed by atoms with van der Waals surface area (Å²) in [5.74, 6) is 2.89. The number of amides is 1. The van der Waals surface area contributed by atoms with Gasteiger partial charge in [0.2, 0.25) is 5.91 Å². The standard InChI is InChI=1S/C29H32N6O2/c36-28(31-19-23-9-3-1-4-10-23)22-37-21-27-32-33-29(35(27)20-24-11-5-2-6-12-24)25-14-17-34(18-15-25)26-13-7-8-16-30-26/h1-13,16,25H,14-15,17-22H2,(H,31,36). The Bertz CT molecular complexity index is 1260. The SMILES string of the molecule is O=C(COCc1nnc(C2CCN(c3ccccn3)CC2)n1Cc1ccccc1)NCc1ccccc1. The second-order valence-corrected chi connectivity index (χ2v) is 9.25. The number of pyridine rings is 1. The lowest BCUT2D eigenvalue weighted by atomic mass is 9.95. The third-order valence-corrected chi connectivity index (χ3v) is 6.67. The minimum Gasteiger partial charge on any atom is -0.364 e. The number of benzene rings is 2. The van der Waals surface area contributed by atoms with Crippen molar-refractivity contribution in [1.82, 2.24) is 25.1 Å². The predicted octanol–water partition coefficient (Wildman–Crippen LogP) is 3.94. The molecule has 1 fully saturated rings. The average Bonchev–Trinajstić information content (AvgIpc) is 3.35. The Kier molecular flexibility index (Phi) is 8.18. The molecule has 0 atom stereocenters. The van der Waals surface area contributed by atoms with Crippen molar-refractivity contribution in [2.45, 2.75) is 38.5 Å². The molecule has 0 bridgehead atoms. The molecule has 0 aliphatic carbocycles. The van der Waals surface area contributed by atoms with Crippen LogP contribution in [0.25, 0.3) is 0 Å². The number of hydrogen-bond donors (Lipinski definition) is 1. The summed E-state index contributed by atoms with van der Waals surface area (Å²) in [6.45, 7) is 3.20. The first-order valence-corrected chi connectivity index (χ1v) is 12.8. The number of anilines is 1. The predicted molar refractivity (Wildman–Crippen MR) is 142 cm³/mol. The summed E-state index contributed by atoms with van der Waals surface area (Å²) in [7, 11) is 0. The van der Waals surface area contributed by atoms with Crippen LogP contribution in [0.15, 0.2) is 85.1 Å². The van der Waals surface area contributed by atoms with Gasteiger partial charge in [0.25, 0.3) is 0 Å². The van der Waals surface area contributed by atoms with Crippen molar-refractivity contribution in [2.24, 2.45) is 0 Å². The molecule has 5 rings (SSSR count). The molecule has 0 radical (unpaired) electrons. The maximum Gasteiger partial charge on any atom is 0.246 e. The summed E-state index contributed by atoms with van der Waals surface area (Å²) in [5, 5.41) is 12.0. The van der Waals surface area contributed by atoms with Gasteiger partial charge in [0.05, 0.1) is 6.54 Å². The molecule has 0 saturated carbocycles. The summed E-state index contributed by atoms with van der Waals surface area (Å²) >= 11 is 0. The van der Waals surface area contributed by atoms with Crippen LogP contribution in [0, 0.1) is 0 Å². The molecule has 8 heteroatoms. The van der Waals surface area contributed by atoms with Gasteiger partial charge >= 0.3 is 0 Å². The number of piperidine rings is 1. The summed E-state index contributed by atoms with van der Waals surface area (Å²) in [5.41, 5.74) is 2.23. The van der Waals surface area contributed by atoms with Gasteiger partial charge in [-0.15, -0.1) is 10.2 Å². The zero-order valence-corrected chi connectivity index (χ0v) is 20.9. The highest BCUT2D eigenvalue weighted by Gasteiger charge is 2.27. The maximum atomic E-state index is 12.3. The number of nitrogens with one attached hydrogen (secondary N) is 1. The molecule has 2 aromatic carbocycles. The van der Waals surface area contributed by atoms with E-state index < -0.39 is 0 Å². The van der Waals surface area contributed by atoms with Crippen molar-refractivity contribution in [1.29, 1.82) is 0 Å². The molecule has 3 heterocycles. The van der Waals surface area contributed by atoms with Gasteiger partial charge in [0, 0.05) is 31.7 Å². The van der Waals surface area contributed by atoms with Gasteiger partial charge in [-0.25, -0.2) is 4.98 Å². The van der Waals surface area contributed by atoms with E-state index in [-0.39, 0.29) is 19.1 Å². The maximum absolute atomic E-state index is 12.3. The van der Waals surface area contributed by atoms with Gasteiger partial charge < -0.3 is 19.5 Å². The molecule has 0 spiro atoms. The first kappa shape index (κ1) is 24.6. The number of ether oxygens (including phenoxy) is 1. The van der Waals surface area contributed by atoms with Gasteiger partial charge in [-0.1, -0.05) is 66.7 Å². The van der Waals surface area contributed by atoms with E-state index in [1.54, 1.807) is 0 Å². The molecular formula is C29H32N6O2. The Hall–Kier alpha value is -4.04. The molecule has 37 heavy (non-hydrogen) atoms. The van der Waals surface area contributed by atoms with Gasteiger partial charge in [-0.2, -0.15) is 0 Å². The first-order chi connectivity index (χ1) is 18.3.